The van der Waals surface area contributed by atoms with Crippen LogP contribution in [-0.2, 0) is 0 Å². The first-order chi connectivity index (χ1) is 11.3. The first kappa shape index (κ1) is 14.1. The molecule has 0 aliphatic heterocycles. The summed E-state index contributed by atoms with van der Waals surface area (Å²) >= 11 is 0. The van der Waals surface area contributed by atoms with Crippen molar-refractivity contribution in [3.63, 3.8) is 0 Å². The SMILES string of the molecule is COc1ccccc1C1=C(c2ccccc2OC)C2C=CC1C2. The van der Waals surface area contributed by atoms with E-state index in [4.69, 9.17) is 9.47 Å². The molecule has 116 valence electrons. The molecule has 4 rings (SSSR count). The van der Waals surface area contributed by atoms with Crippen LogP contribution in [0.15, 0.2) is 60.7 Å². The Kier molecular flexibility index (Phi) is 3.45. The number of fused-ring (bicyclic) bond motifs is 2. The van der Waals surface area contributed by atoms with Gasteiger partial charge in [-0.3, -0.25) is 0 Å². The minimum Gasteiger partial charge on any atom is -0.496 e. The van der Waals surface area contributed by atoms with Gasteiger partial charge in [0.15, 0.2) is 0 Å². The van der Waals surface area contributed by atoms with Gasteiger partial charge in [0, 0.05) is 23.0 Å². The van der Waals surface area contributed by atoms with Gasteiger partial charge in [-0.25, -0.2) is 0 Å². The Balaban J connectivity index is 1.95. The highest BCUT2D eigenvalue weighted by Gasteiger charge is 2.38. The fourth-order valence-corrected chi connectivity index (χ4v) is 3.95. The summed E-state index contributed by atoms with van der Waals surface area (Å²) in [5.74, 6) is 2.82. The third kappa shape index (κ3) is 2.17. The highest BCUT2D eigenvalue weighted by Crippen LogP contribution is 2.55. The van der Waals surface area contributed by atoms with Gasteiger partial charge < -0.3 is 9.47 Å². The second-order valence-electron chi connectivity index (χ2n) is 6.06. The van der Waals surface area contributed by atoms with Crippen molar-refractivity contribution >= 4 is 11.1 Å². The summed E-state index contributed by atoms with van der Waals surface area (Å²) in [7, 11) is 3.48. The minimum atomic E-state index is 0.469. The van der Waals surface area contributed by atoms with E-state index in [2.05, 4.69) is 36.4 Å². The van der Waals surface area contributed by atoms with Gasteiger partial charge >= 0.3 is 0 Å². The second-order valence-corrected chi connectivity index (χ2v) is 6.06. The fraction of sp³-hybridized carbons (Fsp3) is 0.238. The molecule has 0 aromatic heterocycles. The van der Waals surface area contributed by atoms with Gasteiger partial charge in [0.1, 0.15) is 11.5 Å². The molecule has 2 aliphatic rings. The number of benzene rings is 2. The van der Waals surface area contributed by atoms with Crippen LogP contribution in [0.5, 0.6) is 11.5 Å². The molecule has 2 unspecified atom stereocenters. The van der Waals surface area contributed by atoms with Crippen molar-refractivity contribution in [2.24, 2.45) is 11.8 Å². The van der Waals surface area contributed by atoms with E-state index >= 15 is 0 Å². The number of rotatable bonds is 4. The summed E-state index contributed by atoms with van der Waals surface area (Å²) in [4.78, 5) is 0. The molecule has 0 spiro atoms. The van der Waals surface area contributed by atoms with Crippen LogP contribution in [-0.4, -0.2) is 14.2 Å². The highest BCUT2D eigenvalue weighted by molar-refractivity contribution is 6.00. The smallest absolute Gasteiger partial charge is 0.126 e. The molecule has 0 N–H and O–H groups in total. The van der Waals surface area contributed by atoms with Crippen molar-refractivity contribution < 1.29 is 9.47 Å². The number of hydrogen-bond donors (Lipinski definition) is 0. The zero-order valence-electron chi connectivity index (χ0n) is 13.5. The molecule has 2 bridgehead atoms. The molecule has 2 aromatic rings. The molecule has 0 fully saturated rings. The van der Waals surface area contributed by atoms with Crippen molar-refractivity contribution in [2.45, 2.75) is 6.42 Å². The van der Waals surface area contributed by atoms with Crippen LogP contribution in [0, 0.1) is 11.8 Å². The third-order valence-corrected chi connectivity index (χ3v) is 4.91. The molecule has 2 heteroatoms. The average Bonchev–Trinajstić information content (AvgIpc) is 3.22. The lowest BCUT2D eigenvalue weighted by molar-refractivity contribution is 0.412. The van der Waals surface area contributed by atoms with E-state index in [0.717, 1.165) is 17.9 Å². The molecule has 2 atom stereocenters. The zero-order chi connectivity index (χ0) is 15.8. The number of ether oxygens (including phenoxy) is 2. The molecule has 0 saturated carbocycles. The van der Waals surface area contributed by atoms with E-state index in [0.29, 0.717) is 11.8 Å². The van der Waals surface area contributed by atoms with Gasteiger partial charge in [-0.15, -0.1) is 0 Å². The van der Waals surface area contributed by atoms with Crippen molar-refractivity contribution in [1.82, 2.24) is 0 Å². The predicted molar refractivity (Wildman–Crippen MR) is 93.5 cm³/mol. The summed E-state index contributed by atoms with van der Waals surface area (Å²) in [6.45, 7) is 0. The molecule has 2 nitrogen and oxygen atoms in total. The Morgan fingerprint density at radius 1 is 0.696 bits per heavy atom. The number of hydrogen-bond acceptors (Lipinski definition) is 2. The Morgan fingerprint density at radius 3 is 1.57 bits per heavy atom. The standard InChI is InChI=1S/C21H20O2/c1-22-18-9-5-3-7-16(18)20-14-11-12-15(13-14)21(20)17-8-4-6-10-19(17)23-2/h3-12,14-15H,13H2,1-2H3. The quantitative estimate of drug-likeness (QED) is 0.754. The van der Waals surface area contributed by atoms with E-state index in [1.165, 1.54) is 22.3 Å². The van der Waals surface area contributed by atoms with Crippen LogP contribution in [0.4, 0.5) is 0 Å². The summed E-state index contributed by atoms with van der Waals surface area (Å²) < 4.78 is 11.2. The van der Waals surface area contributed by atoms with E-state index in [1.807, 2.05) is 24.3 Å². The van der Waals surface area contributed by atoms with E-state index in [1.54, 1.807) is 14.2 Å². The first-order valence-electron chi connectivity index (χ1n) is 8.02. The third-order valence-electron chi connectivity index (χ3n) is 4.91. The van der Waals surface area contributed by atoms with Gasteiger partial charge in [0.25, 0.3) is 0 Å². The molecule has 0 radical (unpaired) electrons. The normalized spacial score (nSPS) is 21.8. The maximum atomic E-state index is 5.62. The summed E-state index contributed by atoms with van der Waals surface area (Å²) in [5.41, 5.74) is 5.18. The first-order valence-corrected chi connectivity index (χ1v) is 8.02. The maximum absolute atomic E-state index is 5.62. The zero-order valence-corrected chi connectivity index (χ0v) is 13.5. The Morgan fingerprint density at radius 2 is 1.13 bits per heavy atom. The fourth-order valence-electron chi connectivity index (χ4n) is 3.95. The summed E-state index contributed by atoms with van der Waals surface area (Å²) in [5, 5.41) is 0. The molecule has 2 aliphatic carbocycles. The van der Waals surface area contributed by atoms with Crippen LogP contribution >= 0.6 is 0 Å². The van der Waals surface area contributed by atoms with Crippen molar-refractivity contribution in [1.29, 1.82) is 0 Å². The van der Waals surface area contributed by atoms with E-state index < -0.39 is 0 Å². The summed E-state index contributed by atoms with van der Waals surface area (Å²) in [6, 6.07) is 16.6. The van der Waals surface area contributed by atoms with Crippen LogP contribution in [0.1, 0.15) is 17.5 Å². The van der Waals surface area contributed by atoms with Crippen LogP contribution in [0.25, 0.3) is 11.1 Å². The molecule has 0 heterocycles. The highest BCUT2D eigenvalue weighted by atomic mass is 16.5. The van der Waals surface area contributed by atoms with E-state index in [-0.39, 0.29) is 0 Å². The monoisotopic (exact) mass is 304 g/mol. The van der Waals surface area contributed by atoms with E-state index in [9.17, 15) is 0 Å². The van der Waals surface area contributed by atoms with Crippen molar-refractivity contribution in [3.05, 3.63) is 71.8 Å². The van der Waals surface area contributed by atoms with Gasteiger partial charge in [-0.1, -0.05) is 48.6 Å². The maximum Gasteiger partial charge on any atom is 0.126 e. The molecule has 2 aromatic carbocycles. The Bertz CT molecular complexity index is 735. The summed E-state index contributed by atoms with van der Waals surface area (Å²) in [6.07, 6.45) is 5.83. The average molecular weight is 304 g/mol. The largest absolute Gasteiger partial charge is 0.496 e. The lowest BCUT2D eigenvalue weighted by atomic mass is 9.86. The predicted octanol–water partition coefficient (Wildman–Crippen LogP) is 4.82. The second kappa shape index (κ2) is 5.62. The number of para-hydroxylation sites is 2. The van der Waals surface area contributed by atoms with Gasteiger partial charge in [-0.05, 0) is 29.7 Å². The molecule has 0 saturated heterocycles. The lowest BCUT2D eigenvalue weighted by Crippen LogP contribution is -2.02. The van der Waals surface area contributed by atoms with Gasteiger partial charge in [0.2, 0.25) is 0 Å². The topological polar surface area (TPSA) is 18.5 Å². The number of methoxy groups -OCH3 is 2. The van der Waals surface area contributed by atoms with Crippen molar-refractivity contribution in [2.75, 3.05) is 14.2 Å². The molecular weight excluding hydrogens is 284 g/mol. The van der Waals surface area contributed by atoms with Crippen molar-refractivity contribution in [3.8, 4) is 11.5 Å². The van der Waals surface area contributed by atoms with Gasteiger partial charge in [-0.2, -0.15) is 0 Å². The lowest BCUT2D eigenvalue weighted by Gasteiger charge is -2.20. The van der Waals surface area contributed by atoms with Crippen LogP contribution < -0.4 is 9.47 Å². The van der Waals surface area contributed by atoms with Crippen LogP contribution in [0.2, 0.25) is 0 Å². The Labute approximate surface area is 137 Å². The Hall–Kier alpha value is -2.48. The molecule has 23 heavy (non-hydrogen) atoms. The van der Waals surface area contributed by atoms with Gasteiger partial charge in [0.05, 0.1) is 14.2 Å². The minimum absolute atomic E-state index is 0.469. The van der Waals surface area contributed by atoms with Crippen LogP contribution in [0.3, 0.4) is 0 Å². The molecule has 0 amide bonds. The molecular formula is C21H20O2. The number of allylic oxidation sites excluding steroid dienone is 4.